The number of hydrogen-bond donors (Lipinski definition) is 1. The van der Waals surface area contributed by atoms with Crippen LogP contribution < -0.4 is 10.1 Å². The van der Waals surface area contributed by atoms with Gasteiger partial charge in [-0.25, -0.2) is 0 Å². The van der Waals surface area contributed by atoms with Gasteiger partial charge >= 0.3 is 0 Å². The zero-order chi connectivity index (χ0) is 14.5. The highest BCUT2D eigenvalue weighted by Gasteiger charge is 2.20. The van der Waals surface area contributed by atoms with Gasteiger partial charge in [-0.1, -0.05) is 24.3 Å². The van der Waals surface area contributed by atoms with E-state index < -0.39 is 0 Å². The Morgan fingerprint density at radius 3 is 2.24 bits per heavy atom. The largest absolute Gasteiger partial charge is 0.491 e. The van der Waals surface area contributed by atoms with Gasteiger partial charge in [0, 0.05) is 18.8 Å². The third kappa shape index (κ3) is 3.56. The first-order valence-electron chi connectivity index (χ1n) is 7.40. The summed E-state index contributed by atoms with van der Waals surface area (Å²) >= 11 is 0. The number of benzene rings is 2. The Labute approximate surface area is 125 Å². The van der Waals surface area contributed by atoms with Gasteiger partial charge in [-0.2, -0.15) is 0 Å². The summed E-state index contributed by atoms with van der Waals surface area (Å²) in [5, 5.41) is 3.60. The second-order valence-electron chi connectivity index (χ2n) is 5.38. The maximum absolute atomic E-state index is 5.57. The minimum atomic E-state index is 0.489. The van der Waals surface area contributed by atoms with Gasteiger partial charge in [-0.15, -0.1) is 0 Å². The molecule has 3 rings (SSSR count). The highest BCUT2D eigenvalue weighted by atomic mass is 16.5. The van der Waals surface area contributed by atoms with E-state index in [0.29, 0.717) is 19.3 Å². The first-order chi connectivity index (χ1) is 10.3. The molecule has 0 heterocycles. The van der Waals surface area contributed by atoms with Crippen molar-refractivity contribution in [3.05, 3.63) is 59.7 Å². The summed E-state index contributed by atoms with van der Waals surface area (Å²) in [5.41, 5.74) is 4.08. The maximum atomic E-state index is 5.57. The molecule has 3 nitrogen and oxygen atoms in total. The van der Waals surface area contributed by atoms with Crippen molar-refractivity contribution < 1.29 is 9.47 Å². The van der Waals surface area contributed by atoms with Crippen molar-refractivity contribution in [3.8, 4) is 5.75 Å². The van der Waals surface area contributed by atoms with Crippen molar-refractivity contribution in [2.45, 2.75) is 18.9 Å². The van der Waals surface area contributed by atoms with Gasteiger partial charge in [-0.3, -0.25) is 0 Å². The van der Waals surface area contributed by atoms with Crippen molar-refractivity contribution in [3.63, 3.8) is 0 Å². The molecule has 0 fully saturated rings. The second-order valence-corrected chi connectivity index (χ2v) is 5.38. The Morgan fingerprint density at radius 1 is 0.952 bits per heavy atom. The molecule has 2 aromatic rings. The smallest absolute Gasteiger partial charge is 0.119 e. The Bertz CT molecular complexity index is 555. The van der Waals surface area contributed by atoms with Crippen LogP contribution in [0, 0.1) is 0 Å². The summed E-state index contributed by atoms with van der Waals surface area (Å²) in [4.78, 5) is 0. The van der Waals surface area contributed by atoms with E-state index >= 15 is 0 Å². The summed E-state index contributed by atoms with van der Waals surface area (Å²) in [6, 6.07) is 17.3. The SMILES string of the molecule is COCCOc1ccc(NC2Cc3ccccc3C2)cc1. The Morgan fingerprint density at radius 2 is 1.62 bits per heavy atom. The second kappa shape index (κ2) is 6.64. The lowest BCUT2D eigenvalue weighted by molar-refractivity contribution is 0.146. The average Bonchev–Trinajstić information content (AvgIpc) is 2.91. The number of rotatable bonds is 6. The van der Waals surface area contributed by atoms with Crippen molar-refractivity contribution >= 4 is 5.69 Å². The Kier molecular flexibility index (Phi) is 4.41. The molecular weight excluding hydrogens is 262 g/mol. The molecule has 0 bridgehead atoms. The molecule has 0 radical (unpaired) electrons. The fraction of sp³-hybridized carbons (Fsp3) is 0.333. The summed E-state index contributed by atoms with van der Waals surface area (Å²) in [5.74, 6) is 0.882. The first-order valence-corrected chi connectivity index (χ1v) is 7.40. The van der Waals surface area contributed by atoms with E-state index in [1.54, 1.807) is 7.11 Å². The zero-order valence-electron chi connectivity index (χ0n) is 12.3. The third-order valence-corrected chi connectivity index (χ3v) is 3.83. The van der Waals surface area contributed by atoms with Crippen molar-refractivity contribution in [2.24, 2.45) is 0 Å². The molecular formula is C18H21NO2. The molecule has 21 heavy (non-hydrogen) atoms. The summed E-state index contributed by atoms with van der Waals surface area (Å²) in [6.07, 6.45) is 2.20. The topological polar surface area (TPSA) is 30.5 Å². The van der Waals surface area contributed by atoms with Crippen LogP contribution in [-0.4, -0.2) is 26.4 Å². The molecule has 3 heteroatoms. The van der Waals surface area contributed by atoms with E-state index in [4.69, 9.17) is 9.47 Å². The molecule has 0 aromatic heterocycles. The quantitative estimate of drug-likeness (QED) is 0.825. The van der Waals surface area contributed by atoms with E-state index in [2.05, 4.69) is 41.7 Å². The number of fused-ring (bicyclic) bond motifs is 1. The van der Waals surface area contributed by atoms with Crippen LogP contribution >= 0.6 is 0 Å². The van der Waals surface area contributed by atoms with Crippen LogP contribution in [0.25, 0.3) is 0 Å². The van der Waals surface area contributed by atoms with Gasteiger partial charge in [0.25, 0.3) is 0 Å². The van der Waals surface area contributed by atoms with E-state index in [0.717, 1.165) is 24.3 Å². The predicted octanol–water partition coefficient (Wildman–Crippen LogP) is 3.29. The minimum Gasteiger partial charge on any atom is -0.491 e. The highest BCUT2D eigenvalue weighted by Crippen LogP contribution is 2.25. The molecule has 0 aliphatic heterocycles. The summed E-state index contributed by atoms with van der Waals surface area (Å²) in [7, 11) is 1.68. The molecule has 2 aromatic carbocycles. The molecule has 110 valence electrons. The molecule has 0 spiro atoms. The summed E-state index contributed by atoms with van der Waals surface area (Å²) < 4.78 is 10.5. The van der Waals surface area contributed by atoms with Crippen molar-refractivity contribution in [1.29, 1.82) is 0 Å². The normalized spacial score (nSPS) is 14.0. The fourth-order valence-electron chi connectivity index (χ4n) is 2.79. The van der Waals surface area contributed by atoms with E-state index in [9.17, 15) is 0 Å². The molecule has 0 unspecified atom stereocenters. The average molecular weight is 283 g/mol. The molecule has 1 aliphatic carbocycles. The highest BCUT2D eigenvalue weighted by molar-refractivity contribution is 5.49. The van der Waals surface area contributed by atoms with Crippen LogP contribution in [0.5, 0.6) is 5.75 Å². The molecule has 0 amide bonds. The molecule has 0 saturated heterocycles. The van der Waals surface area contributed by atoms with Gasteiger partial charge in [0.05, 0.1) is 6.61 Å². The van der Waals surface area contributed by atoms with Crippen LogP contribution in [0.15, 0.2) is 48.5 Å². The predicted molar refractivity (Wildman–Crippen MR) is 85.1 cm³/mol. The number of hydrogen-bond acceptors (Lipinski definition) is 3. The first kappa shape index (κ1) is 14.0. The standard InChI is InChI=1S/C18H21NO2/c1-20-10-11-21-18-8-6-16(7-9-18)19-17-12-14-4-2-3-5-15(14)13-17/h2-9,17,19H,10-13H2,1H3. The van der Waals surface area contributed by atoms with Crippen molar-refractivity contribution in [2.75, 3.05) is 25.6 Å². The van der Waals surface area contributed by atoms with Crippen LogP contribution in [0.2, 0.25) is 0 Å². The fourth-order valence-corrected chi connectivity index (χ4v) is 2.79. The molecule has 0 saturated carbocycles. The van der Waals surface area contributed by atoms with Crippen LogP contribution in [0.3, 0.4) is 0 Å². The zero-order valence-corrected chi connectivity index (χ0v) is 12.3. The molecule has 0 atom stereocenters. The lowest BCUT2D eigenvalue weighted by Crippen LogP contribution is -2.19. The lowest BCUT2D eigenvalue weighted by atomic mass is 10.1. The van der Waals surface area contributed by atoms with E-state index in [1.165, 1.54) is 11.1 Å². The molecule has 1 N–H and O–H groups in total. The monoisotopic (exact) mass is 283 g/mol. The van der Waals surface area contributed by atoms with Crippen molar-refractivity contribution in [1.82, 2.24) is 0 Å². The van der Waals surface area contributed by atoms with Crippen LogP contribution in [0.1, 0.15) is 11.1 Å². The molecule has 1 aliphatic rings. The van der Waals surface area contributed by atoms with Gasteiger partial charge < -0.3 is 14.8 Å². The van der Waals surface area contributed by atoms with Gasteiger partial charge in [0.15, 0.2) is 0 Å². The number of ether oxygens (including phenoxy) is 2. The number of methoxy groups -OCH3 is 1. The van der Waals surface area contributed by atoms with E-state index in [-0.39, 0.29) is 0 Å². The van der Waals surface area contributed by atoms with Crippen LogP contribution in [0.4, 0.5) is 5.69 Å². The number of anilines is 1. The Balaban J connectivity index is 1.55. The van der Waals surface area contributed by atoms with Gasteiger partial charge in [0.1, 0.15) is 12.4 Å². The van der Waals surface area contributed by atoms with Gasteiger partial charge in [-0.05, 0) is 48.2 Å². The van der Waals surface area contributed by atoms with Gasteiger partial charge in [0.2, 0.25) is 0 Å². The minimum absolute atomic E-state index is 0.489. The lowest BCUT2D eigenvalue weighted by Gasteiger charge is -2.14. The third-order valence-electron chi connectivity index (χ3n) is 3.83. The maximum Gasteiger partial charge on any atom is 0.119 e. The Hall–Kier alpha value is -2.00. The number of nitrogens with one attached hydrogen (secondary N) is 1. The van der Waals surface area contributed by atoms with Crippen LogP contribution in [-0.2, 0) is 17.6 Å². The van der Waals surface area contributed by atoms with E-state index in [1.807, 2.05) is 12.1 Å². The summed E-state index contributed by atoms with van der Waals surface area (Å²) in [6.45, 7) is 1.20.